The zero-order valence-corrected chi connectivity index (χ0v) is 11.6. The quantitative estimate of drug-likeness (QED) is 0.510. The van der Waals surface area contributed by atoms with Gasteiger partial charge in [0.2, 0.25) is 0 Å². The van der Waals surface area contributed by atoms with E-state index < -0.39 is 0 Å². The number of ether oxygens (including phenoxy) is 1. The Morgan fingerprint density at radius 1 is 1.12 bits per heavy atom. The van der Waals surface area contributed by atoms with E-state index in [0.717, 1.165) is 13.0 Å². The van der Waals surface area contributed by atoms with Gasteiger partial charge in [0.15, 0.2) is 0 Å². The van der Waals surface area contributed by atoms with E-state index in [4.69, 9.17) is 4.74 Å². The summed E-state index contributed by atoms with van der Waals surface area (Å²) in [7, 11) is 0. The summed E-state index contributed by atoms with van der Waals surface area (Å²) in [6.07, 6.45) is 17.3. The molecule has 1 heteroatoms. The first-order valence-corrected chi connectivity index (χ1v) is 7.35. The van der Waals surface area contributed by atoms with Crippen LogP contribution in [0.5, 0.6) is 0 Å². The second-order valence-corrected chi connectivity index (χ2v) is 4.95. The van der Waals surface area contributed by atoms with Crippen LogP contribution in [-0.4, -0.2) is 12.7 Å². The topological polar surface area (TPSA) is 9.23 Å². The second-order valence-electron chi connectivity index (χ2n) is 4.95. The van der Waals surface area contributed by atoms with Crippen LogP contribution in [0.2, 0.25) is 0 Å². The van der Waals surface area contributed by atoms with Crippen molar-refractivity contribution in [1.82, 2.24) is 0 Å². The number of rotatable bonds is 9. The molecule has 1 rings (SSSR count). The molecule has 0 aliphatic heterocycles. The third kappa shape index (κ3) is 6.68. The van der Waals surface area contributed by atoms with Crippen molar-refractivity contribution in [3.8, 4) is 0 Å². The molecule has 0 heterocycles. The summed E-state index contributed by atoms with van der Waals surface area (Å²) in [5.74, 6) is 0. The molecule has 0 N–H and O–H groups in total. The van der Waals surface area contributed by atoms with E-state index in [9.17, 15) is 0 Å². The lowest BCUT2D eigenvalue weighted by molar-refractivity contribution is 0.0828. The van der Waals surface area contributed by atoms with Crippen LogP contribution in [0.1, 0.15) is 65.2 Å². The van der Waals surface area contributed by atoms with Gasteiger partial charge in [0, 0.05) is 6.61 Å². The molecule has 0 saturated carbocycles. The van der Waals surface area contributed by atoms with E-state index in [2.05, 4.69) is 32.1 Å². The van der Waals surface area contributed by atoms with Gasteiger partial charge in [-0.15, -0.1) is 0 Å². The normalized spacial score (nSPS) is 19.4. The van der Waals surface area contributed by atoms with Crippen molar-refractivity contribution < 1.29 is 4.74 Å². The SMILES string of the molecule is CCCCCCCOC1C=CC(CCC)=CC1. The molecule has 0 saturated heterocycles. The highest BCUT2D eigenvalue weighted by molar-refractivity contribution is 5.24. The summed E-state index contributed by atoms with van der Waals surface area (Å²) >= 11 is 0. The molecule has 0 bridgehead atoms. The standard InChI is InChI=1S/C16H28O/c1-3-5-6-7-8-14-17-16-12-10-15(9-4-2)11-13-16/h10-12,16H,3-9,13-14H2,1-2H3. The van der Waals surface area contributed by atoms with Gasteiger partial charge in [-0.1, -0.05) is 69.8 Å². The van der Waals surface area contributed by atoms with Crippen molar-refractivity contribution in [3.63, 3.8) is 0 Å². The average molecular weight is 236 g/mol. The maximum Gasteiger partial charge on any atom is 0.0793 e. The van der Waals surface area contributed by atoms with Crippen molar-refractivity contribution in [3.05, 3.63) is 23.8 Å². The third-order valence-electron chi connectivity index (χ3n) is 3.26. The zero-order chi connectivity index (χ0) is 12.3. The summed E-state index contributed by atoms with van der Waals surface area (Å²) in [5, 5.41) is 0. The van der Waals surface area contributed by atoms with Gasteiger partial charge in [-0.3, -0.25) is 0 Å². The molecule has 0 fully saturated rings. The van der Waals surface area contributed by atoms with Crippen LogP contribution in [0.4, 0.5) is 0 Å². The molecule has 0 amide bonds. The first-order chi connectivity index (χ1) is 8.36. The Labute approximate surface area is 107 Å². The molecule has 1 aliphatic rings. The lowest BCUT2D eigenvalue weighted by Crippen LogP contribution is -2.12. The second kappa shape index (κ2) is 9.47. The lowest BCUT2D eigenvalue weighted by Gasteiger charge is -2.17. The number of hydrogen-bond acceptors (Lipinski definition) is 1. The molecular weight excluding hydrogens is 208 g/mol. The predicted octanol–water partition coefficient (Wildman–Crippen LogP) is 5.03. The van der Waals surface area contributed by atoms with Crippen LogP contribution in [-0.2, 0) is 4.74 Å². The summed E-state index contributed by atoms with van der Waals surface area (Å²) in [6.45, 7) is 5.41. The Bertz CT molecular complexity index is 240. The van der Waals surface area contributed by atoms with E-state index in [-0.39, 0.29) is 0 Å². The van der Waals surface area contributed by atoms with Crippen LogP contribution in [0.15, 0.2) is 23.8 Å². The van der Waals surface area contributed by atoms with Gasteiger partial charge < -0.3 is 4.74 Å². The molecule has 1 atom stereocenters. The fourth-order valence-corrected chi connectivity index (χ4v) is 2.18. The van der Waals surface area contributed by atoms with Gasteiger partial charge in [-0.05, 0) is 19.3 Å². The largest absolute Gasteiger partial charge is 0.374 e. The Morgan fingerprint density at radius 2 is 1.94 bits per heavy atom. The average Bonchev–Trinajstić information content (AvgIpc) is 2.36. The van der Waals surface area contributed by atoms with Crippen molar-refractivity contribution in [2.75, 3.05) is 6.61 Å². The summed E-state index contributed by atoms with van der Waals surface area (Å²) in [4.78, 5) is 0. The van der Waals surface area contributed by atoms with Crippen LogP contribution in [0.3, 0.4) is 0 Å². The molecule has 0 aromatic heterocycles. The van der Waals surface area contributed by atoms with Crippen molar-refractivity contribution in [2.24, 2.45) is 0 Å². The molecule has 0 radical (unpaired) electrons. The first kappa shape index (κ1) is 14.5. The Hall–Kier alpha value is -0.560. The smallest absolute Gasteiger partial charge is 0.0793 e. The van der Waals surface area contributed by atoms with E-state index >= 15 is 0 Å². The fraction of sp³-hybridized carbons (Fsp3) is 0.750. The van der Waals surface area contributed by atoms with Gasteiger partial charge in [0.25, 0.3) is 0 Å². The third-order valence-corrected chi connectivity index (χ3v) is 3.26. The molecule has 1 unspecified atom stereocenters. The van der Waals surface area contributed by atoms with Crippen LogP contribution in [0.25, 0.3) is 0 Å². The van der Waals surface area contributed by atoms with E-state index in [0.29, 0.717) is 6.10 Å². The number of allylic oxidation sites excluding steroid dienone is 2. The van der Waals surface area contributed by atoms with E-state index in [1.807, 2.05) is 0 Å². The zero-order valence-electron chi connectivity index (χ0n) is 11.6. The van der Waals surface area contributed by atoms with Gasteiger partial charge in [-0.2, -0.15) is 0 Å². The van der Waals surface area contributed by atoms with Crippen LogP contribution in [0, 0.1) is 0 Å². The Morgan fingerprint density at radius 3 is 2.59 bits per heavy atom. The highest BCUT2D eigenvalue weighted by Crippen LogP contribution is 2.17. The molecule has 17 heavy (non-hydrogen) atoms. The van der Waals surface area contributed by atoms with Gasteiger partial charge in [-0.25, -0.2) is 0 Å². The minimum atomic E-state index is 0.335. The molecule has 1 aliphatic carbocycles. The minimum Gasteiger partial charge on any atom is -0.374 e. The Balaban J connectivity index is 2.01. The van der Waals surface area contributed by atoms with Crippen LogP contribution >= 0.6 is 0 Å². The lowest BCUT2D eigenvalue weighted by atomic mass is 10.0. The predicted molar refractivity (Wildman–Crippen MR) is 75.2 cm³/mol. The van der Waals surface area contributed by atoms with E-state index in [1.165, 1.54) is 50.5 Å². The molecule has 1 nitrogen and oxygen atoms in total. The summed E-state index contributed by atoms with van der Waals surface area (Å²) < 4.78 is 5.86. The molecule has 0 spiro atoms. The molecule has 0 aromatic carbocycles. The van der Waals surface area contributed by atoms with Gasteiger partial charge >= 0.3 is 0 Å². The van der Waals surface area contributed by atoms with Crippen molar-refractivity contribution in [2.45, 2.75) is 71.3 Å². The monoisotopic (exact) mass is 236 g/mol. The fourth-order valence-electron chi connectivity index (χ4n) is 2.18. The van der Waals surface area contributed by atoms with Crippen LogP contribution < -0.4 is 0 Å². The van der Waals surface area contributed by atoms with Gasteiger partial charge in [0.05, 0.1) is 6.10 Å². The minimum absolute atomic E-state index is 0.335. The van der Waals surface area contributed by atoms with Crippen molar-refractivity contribution in [1.29, 1.82) is 0 Å². The number of hydrogen-bond donors (Lipinski definition) is 0. The number of unbranched alkanes of at least 4 members (excludes halogenated alkanes) is 4. The molecular formula is C16H28O. The summed E-state index contributed by atoms with van der Waals surface area (Å²) in [5.41, 5.74) is 1.48. The maximum atomic E-state index is 5.86. The molecule has 0 aromatic rings. The van der Waals surface area contributed by atoms with Gasteiger partial charge in [0.1, 0.15) is 0 Å². The molecule has 98 valence electrons. The highest BCUT2D eigenvalue weighted by atomic mass is 16.5. The highest BCUT2D eigenvalue weighted by Gasteiger charge is 2.08. The van der Waals surface area contributed by atoms with E-state index in [1.54, 1.807) is 0 Å². The first-order valence-electron chi connectivity index (χ1n) is 7.35. The van der Waals surface area contributed by atoms with Crippen molar-refractivity contribution >= 4 is 0 Å². The maximum absolute atomic E-state index is 5.86. The summed E-state index contributed by atoms with van der Waals surface area (Å²) in [6, 6.07) is 0. The Kier molecular flexibility index (Phi) is 8.08.